The molecule has 1 amide bonds. The molecule has 0 aliphatic rings. The van der Waals surface area contributed by atoms with Gasteiger partial charge in [-0.1, -0.05) is 38.3 Å². The minimum Gasteiger partial charge on any atom is -0.506 e. The monoisotopic (exact) mass is 283 g/mol. The molecule has 0 unspecified atom stereocenters. The Morgan fingerprint density at radius 3 is 2.42 bits per heavy atom. The molecule has 0 aliphatic heterocycles. The Morgan fingerprint density at radius 2 is 1.95 bits per heavy atom. The van der Waals surface area contributed by atoms with Crippen molar-refractivity contribution in [3.05, 3.63) is 28.8 Å². The van der Waals surface area contributed by atoms with E-state index in [-0.39, 0.29) is 16.7 Å². The molecule has 3 nitrogen and oxygen atoms in total. The number of rotatable bonds is 6. The largest absolute Gasteiger partial charge is 0.506 e. The summed E-state index contributed by atoms with van der Waals surface area (Å²) in [7, 11) is 0. The lowest BCUT2D eigenvalue weighted by Gasteiger charge is -2.25. The molecule has 0 radical (unpaired) electrons. The molecule has 1 N–H and O–H groups in total. The lowest BCUT2D eigenvalue weighted by Crippen LogP contribution is -2.35. The van der Waals surface area contributed by atoms with Crippen LogP contribution in [0.15, 0.2) is 18.2 Å². The van der Waals surface area contributed by atoms with Crippen LogP contribution >= 0.6 is 11.6 Å². The predicted octanol–water partition coefficient (Wildman–Crippen LogP) is 3.94. The Balaban J connectivity index is 2.85. The zero-order chi connectivity index (χ0) is 14.4. The van der Waals surface area contributed by atoms with Crippen molar-refractivity contribution in [3.63, 3.8) is 0 Å². The lowest BCUT2D eigenvalue weighted by molar-refractivity contribution is 0.0735. The van der Waals surface area contributed by atoms with Crippen molar-refractivity contribution >= 4 is 17.5 Å². The van der Waals surface area contributed by atoms with Crippen LogP contribution in [0.4, 0.5) is 0 Å². The third-order valence-electron chi connectivity index (χ3n) is 3.50. The highest BCUT2D eigenvalue weighted by atomic mass is 35.5. The SMILES string of the molecule is CCC(CC)CN(CC)C(=O)c1ccc(O)c(Cl)c1. The Morgan fingerprint density at radius 1 is 1.32 bits per heavy atom. The standard InChI is InChI=1S/C15H22ClNO2/c1-4-11(5-2)10-17(6-3)15(19)12-7-8-14(18)13(16)9-12/h7-9,11,18H,4-6,10H2,1-3H3. The van der Waals surface area contributed by atoms with Gasteiger partial charge >= 0.3 is 0 Å². The highest BCUT2D eigenvalue weighted by Gasteiger charge is 2.18. The summed E-state index contributed by atoms with van der Waals surface area (Å²) in [4.78, 5) is 14.2. The Kier molecular flexibility index (Phi) is 6.16. The first-order valence-electron chi connectivity index (χ1n) is 6.81. The molecule has 1 aromatic rings. The maximum absolute atomic E-state index is 12.4. The molecule has 0 bridgehead atoms. The van der Waals surface area contributed by atoms with Crippen molar-refractivity contribution in [2.75, 3.05) is 13.1 Å². The Labute approximate surface area is 120 Å². The molecule has 0 spiro atoms. The van der Waals surface area contributed by atoms with Crippen LogP contribution in [-0.4, -0.2) is 29.0 Å². The van der Waals surface area contributed by atoms with Crippen LogP contribution in [0.5, 0.6) is 5.75 Å². The van der Waals surface area contributed by atoms with Crippen LogP contribution in [0.1, 0.15) is 44.0 Å². The number of hydrogen-bond acceptors (Lipinski definition) is 2. The summed E-state index contributed by atoms with van der Waals surface area (Å²) >= 11 is 5.85. The molecule has 0 saturated carbocycles. The maximum atomic E-state index is 12.4. The van der Waals surface area contributed by atoms with Gasteiger partial charge in [-0.25, -0.2) is 0 Å². The summed E-state index contributed by atoms with van der Waals surface area (Å²) in [5, 5.41) is 9.60. The Hall–Kier alpha value is -1.22. The van der Waals surface area contributed by atoms with Gasteiger partial charge in [0.1, 0.15) is 5.75 Å². The van der Waals surface area contributed by atoms with Crippen molar-refractivity contribution < 1.29 is 9.90 Å². The summed E-state index contributed by atoms with van der Waals surface area (Å²) in [6.45, 7) is 7.70. The number of nitrogens with zero attached hydrogens (tertiary/aromatic N) is 1. The fraction of sp³-hybridized carbons (Fsp3) is 0.533. The molecule has 106 valence electrons. The minimum absolute atomic E-state index is 0.00116. The molecule has 1 rings (SSSR count). The molecular formula is C15H22ClNO2. The summed E-state index contributed by atoms with van der Waals surface area (Å²) < 4.78 is 0. The van der Waals surface area contributed by atoms with Gasteiger partial charge in [0.05, 0.1) is 5.02 Å². The van der Waals surface area contributed by atoms with Gasteiger partial charge in [0.25, 0.3) is 5.91 Å². The minimum atomic E-state index is -0.0312. The van der Waals surface area contributed by atoms with E-state index in [1.165, 1.54) is 12.1 Å². The van der Waals surface area contributed by atoms with Crippen LogP contribution in [0.3, 0.4) is 0 Å². The van der Waals surface area contributed by atoms with Crippen LogP contribution in [0.25, 0.3) is 0 Å². The molecule has 19 heavy (non-hydrogen) atoms. The first-order valence-corrected chi connectivity index (χ1v) is 7.18. The van der Waals surface area contributed by atoms with Crippen molar-refractivity contribution in [3.8, 4) is 5.75 Å². The van der Waals surface area contributed by atoms with Gasteiger partial charge in [0, 0.05) is 18.7 Å². The van der Waals surface area contributed by atoms with Gasteiger partial charge in [0.15, 0.2) is 0 Å². The molecule has 0 fully saturated rings. The predicted molar refractivity (Wildman–Crippen MR) is 78.8 cm³/mol. The second kappa shape index (κ2) is 7.39. The number of carbonyl (C=O) groups excluding carboxylic acids is 1. The van der Waals surface area contributed by atoms with E-state index >= 15 is 0 Å². The van der Waals surface area contributed by atoms with Gasteiger partial charge in [0.2, 0.25) is 0 Å². The molecule has 0 aromatic heterocycles. The van der Waals surface area contributed by atoms with E-state index in [9.17, 15) is 9.90 Å². The number of benzene rings is 1. The highest BCUT2D eigenvalue weighted by Crippen LogP contribution is 2.24. The van der Waals surface area contributed by atoms with Gasteiger partial charge in [-0.15, -0.1) is 0 Å². The zero-order valence-electron chi connectivity index (χ0n) is 11.8. The number of halogens is 1. The fourth-order valence-corrected chi connectivity index (χ4v) is 2.22. The smallest absolute Gasteiger partial charge is 0.253 e. The van der Waals surface area contributed by atoms with E-state index < -0.39 is 0 Å². The summed E-state index contributed by atoms with van der Waals surface area (Å²) in [6, 6.07) is 4.59. The van der Waals surface area contributed by atoms with Gasteiger partial charge in [-0.2, -0.15) is 0 Å². The average Bonchev–Trinajstić information content (AvgIpc) is 2.42. The number of hydrogen-bond donors (Lipinski definition) is 1. The van der Waals surface area contributed by atoms with E-state index in [0.29, 0.717) is 18.0 Å². The van der Waals surface area contributed by atoms with Crippen LogP contribution in [0.2, 0.25) is 5.02 Å². The molecular weight excluding hydrogens is 262 g/mol. The Bertz CT molecular complexity index is 430. The number of aromatic hydroxyl groups is 1. The van der Waals surface area contributed by atoms with E-state index in [1.54, 1.807) is 6.07 Å². The van der Waals surface area contributed by atoms with Gasteiger partial charge in [-0.05, 0) is 31.0 Å². The second-order valence-electron chi connectivity index (χ2n) is 4.69. The number of phenols is 1. The van der Waals surface area contributed by atoms with Crippen molar-refractivity contribution in [2.45, 2.75) is 33.6 Å². The average molecular weight is 284 g/mol. The third kappa shape index (κ3) is 4.13. The van der Waals surface area contributed by atoms with Crippen LogP contribution in [0, 0.1) is 5.92 Å². The summed E-state index contributed by atoms with van der Waals surface area (Å²) in [5.74, 6) is 0.494. The van der Waals surface area contributed by atoms with Crippen molar-refractivity contribution in [1.29, 1.82) is 0 Å². The number of phenolic OH excluding ortho intramolecular Hbond substituents is 1. The van der Waals surface area contributed by atoms with Crippen molar-refractivity contribution in [1.82, 2.24) is 4.90 Å². The van der Waals surface area contributed by atoms with Gasteiger partial charge in [-0.3, -0.25) is 4.79 Å². The van der Waals surface area contributed by atoms with Gasteiger partial charge < -0.3 is 10.0 Å². The molecule has 0 aliphatic carbocycles. The molecule has 0 saturated heterocycles. The molecule has 0 heterocycles. The quantitative estimate of drug-likeness (QED) is 0.859. The van der Waals surface area contributed by atoms with E-state index in [1.807, 2.05) is 11.8 Å². The molecule has 1 aromatic carbocycles. The second-order valence-corrected chi connectivity index (χ2v) is 5.10. The van der Waals surface area contributed by atoms with Crippen LogP contribution in [-0.2, 0) is 0 Å². The van der Waals surface area contributed by atoms with E-state index in [2.05, 4.69) is 13.8 Å². The first kappa shape index (κ1) is 15.8. The topological polar surface area (TPSA) is 40.5 Å². The lowest BCUT2D eigenvalue weighted by atomic mass is 10.0. The first-order chi connectivity index (χ1) is 9.03. The molecule has 4 heteroatoms. The van der Waals surface area contributed by atoms with Crippen LogP contribution < -0.4 is 0 Å². The van der Waals surface area contributed by atoms with E-state index in [4.69, 9.17) is 11.6 Å². The van der Waals surface area contributed by atoms with Crippen molar-refractivity contribution in [2.24, 2.45) is 5.92 Å². The number of carbonyl (C=O) groups is 1. The fourth-order valence-electron chi connectivity index (χ4n) is 2.04. The van der Waals surface area contributed by atoms with E-state index in [0.717, 1.165) is 19.4 Å². The normalized spacial score (nSPS) is 10.8. The number of amides is 1. The summed E-state index contributed by atoms with van der Waals surface area (Å²) in [5.41, 5.74) is 0.524. The maximum Gasteiger partial charge on any atom is 0.253 e. The zero-order valence-corrected chi connectivity index (χ0v) is 12.6. The molecule has 0 atom stereocenters. The highest BCUT2D eigenvalue weighted by molar-refractivity contribution is 6.32. The summed E-state index contributed by atoms with van der Waals surface area (Å²) in [6.07, 6.45) is 2.13. The third-order valence-corrected chi connectivity index (χ3v) is 3.80.